The first-order chi connectivity index (χ1) is 12.5. The highest BCUT2D eigenvalue weighted by Gasteiger charge is 2.10. The van der Waals surface area contributed by atoms with Gasteiger partial charge in [-0.2, -0.15) is 5.10 Å². The van der Waals surface area contributed by atoms with Gasteiger partial charge in [-0.15, -0.1) is 0 Å². The maximum Gasteiger partial charge on any atom is 0.254 e. The summed E-state index contributed by atoms with van der Waals surface area (Å²) in [6, 6.07) is 6.15. The standard InChI is InChI=1S/C19H23N5O2/c1-12-6-4-7-17-15(12)11-21-24(17)9-5-8-20-18(25)10-16-13(2)19(26)23-14(3)22-16/h4,6-7,11H,5,8-10H2,1-3H3,(H,20,25)(H,22,23,26). The van der Waals surface area contributed by atoms with E-state index >= 15 is 0 Å². The molecule has 0 aliphatic carbocycles. The Morgan fingerprint density at radius 3 is 2.88 bits per heavy atom. The zero-order valence-electron chi connectivity index (χ0n) is 15.3. The van der Waals surface area contributed by atoms with Crippen LogP contribution in [0.25, 0.3) is 10.9 Å². The molecule has 0 unspecified atom stereocenters. The van der Waals surface area contributed by atoms with Crippen LogP contribution in [-0.2, 0) is 17.8 Å². The van der Waals surface area contributed by atoms with Crippen LogP contribution < -0.4 is 10.9 Å². The summed E-state index contributed by atoms with van der Waals surface area (Å²) in [5.41, 5.74) is 3.13. The molecule has 0 aliphatic rings. The number of nitrogens with zero attached hydrogens (tertiary/aromatic N) is 3. The van der Waals surface area contributed by atoms with Gasteiger partial charge in [-0.05, 0) is 38.8 Å². The number of amides is 1. The lowest BCUT2D eigenvalue weighted by Crippen LogP contribution is -2.29. The number of nitrogens with one attached hydrogen (secondary N) is 2. The van der Waals surface area contributed by atoms with E-state index in [2.05, 4.69) is 39.4 Å². The fourth-order valence-electron chi connectivity index (χ4n) is 2.97. The minimum Gasteiger partial charge on any atom is -0.356 e. The Balaban J connectivity index is 1.53. The van der Waals surface area contributed by atoms with E-state index in [1.165, 1.54) is 5.56 Å². The number of carbonyl (C=O) groups excluding carboxylic acids is 1. The first-order valence-electron chi connectivity index (χ1n) is 8.70. The van der Waals surface area contributed by atoms with Gasteiger partial charge in [-0.3, -0.25) is 14.3 Å². The Labute approximate surface area is 151 Å². The van der Waals surface area contributed by atoms with E-state index in [-0.39, 0.29) is 17.9 Å². The normalized spacial score (nSPS) is 11.0. The molecular formula is C19H23N5O2. The minimum atomic E-state index is -0.193. The smallest absolute Gasteiger partial charge is 0.254 e. The molecule has 7 nitrogen and oxygen atoms in total. The van der Waals surface area contributed by atoms with Crippen LogP contribution in [0.3, 0.4) is 0 Å². The molecule has 2 heterocycles. The summed E-state index contributed by atoms with van der Waals surface area (Å²) in [5, 5.41) is 8.47. The summed E-state index contributed by atoms with van der Waals surface area (Å²) in [4.78, 5) is 30.7. The van der Waals surface area contributed by atoms with Crippen LogP contribution in [0.5, 0.6) is 0 Å². The van der Waals surface area contributed by atoms with Crippen LogP contribution in [0.4, 0.5) is 0 Å². The monoisotopic (exact) mass is 353 g/mol. The second kappa shape index (κ2) is 7.51. The second-order valence-corrected chi connectivity index (χ2v) is 6.48. The van der Waals surface area contributed by atoms with Crippen molar-refractivity contribution in [2.24, 2.45) is 0 Å². The first kappa shape index (κ1) is 17.8. The van der Waals surface area contributed by atoms with E-state index in [1.54, 1.807) is 13.8 Å². The van der Waals surface area contributed by atoms with Crippen molar-refractivity contribution >= 4 is 16.8 Å². The number of hydrogen-bond acceptors (Lipinski definition) is 4. The topological polar surface area (TPSA) is 92.7 Å². The van der Waals surface area contributed by atoms with Crippen LogP contribution in [-0.4, -0.2) is 32.2 Å². The van der Waals surface area contributed by atoms with Crippen LogP contribution in [0.1, 0.15) is 29.1 Å². The molecule has 2 N–H and O–H groups in total. The number of carbonyl (C=O) groups is 1. The van der Waals surface area contributed by atoms with Crippen LogP contribution in [0.15, 0.2) is 29.2 Å². The summed E-state index contributed by atoms with van der Waals surface area (Å²) < 4.78 is 1.96. The Hall–Kier alpha value is -2.96. The van der Waals surface area contributed by atoms with Crippen molar-refractivity contribution in [1.29, 1.82) is 0 Å². The molecule has 0 bridgehead atoms. The van der Waals surface area contributed by atoms with Crippen molar-refractivity contribution in [3.8, 4) is 0 Å². The SMILES string of the molecule is Cc1nc(CC(=O)NCCCn2ncc3c(C)cccc32)c(C)c(=O)[nH]1. The lowest BCUT2D eigenvalue weighted by molar-refractivity contribution is -0.120. The van der Waals surface area contributed by atoms with Gasteiger partial charge in [0.15, 0.2) is 0 Å². The average Bonchev–Trinajstić information content (AvgIpc) is 3.01. The van der Waals surface area contributed by atoms with E-state index in [0.717, 1.165) is 23.9 Å². The van der Waals surface area contributed by atoms with Gasteiger partial charge in [0.05, 0.1) is 23.8 Å². The summed E-state index contributed by atoms with van der Waals surface area (Å²) in [7, 11) is 0. The fourth-order valence-corrected chi connectivity index (χ4v) is 2.97. The molecular weight excluding hydrogens is 330 g/mol. The Kier molecular flexibility index (Phi) is 5.16. The van der Waals surface area contributed by atoms with E-state index in [9.17, 15) is 9.59 Å². The third kappa shape index (κ3) is 3.82. The van der Waals surface area contributed by atoms with Gasteiger partial charge < -0.3 is 10.3 Å². The number of aromatic amines is 1. The molecule has 1 amide bonds. The zero-order chi connectivity index (χ0) is 18.7. The maximum absolute atomic E-state index is 12.1. The lowest BCUT2D eigenvalue weighted by Gasteiger charge is -2.08. The van der Waals surface area contributed by atoms with Crippen molar-refractivity contribution in [2.75, 3.05) is 6.54 Å². The largest absolute Gasteiger partial charge is 0.356 e. The summed E-state index contributed by atoms with van der Waals surface area (Å²) >= 11 is 0. The van der Waals surface area contributed by atoms with Crippen LogP contribution in [0.2, 0.25) is 0 Å². The quantitative estimate of drug-likeness (QED) is 0.661. The average molecular weight is 353 g/mol. The highest BCUT2D eigenvalue weighted by molar-refractivity contribution is 5.82. The summed E-state index contributed by atoms with van der Waals surface area (Å²) in [6.45, 7) is 6.74. The van der Waals surface area contributed by atoms with Crippen LogP contribution in [0, 0.1) is 20.8 Å². The molecule has 136 valence electrons. The van der Waals surface area contributed by atoms with E-state index < -0.39 is 0 Å². The van der Waals surface area contributed by atoms with E-state index in [4.69, 9.17) is 0 Å². The number of aromatic nitrogens is 4. The third-order valence-electron chi connectivity index (χ3n) is 4.47. The van der Waals surface area contributed by atoms with Gasteiger partial charge in [-0.1, -0.05) is 12.1 Å². The second-order valence-electron chi connectivity index (χ2n) is 6.48. The molecule has 3 rings (SSSR count). The van der Waals surface area contributed by atoms with Crippen molar-refractivity contribution in [2.45, 2.75) is 40.2 Å². The Morgan fingerprint density at radius 1 is 1.27 bits per heavy atom. The maximum atomic E-state index is 12.1. The van der Waals surface area contributed by atoms with Gasteiger partial charge >= 0.3 is 0 Å². The molecule has 0 saturated heterocycles. The van der Waals surface area contributed by atoms with E-state index in [0.29, 0.717) is 23.6 Å². The first-order valence-corrected chi connectivity index (χ1v) is 8.70. The summed E-state index contributed by atoms with van der Waals surface area (Å²) in [5.74, 6) is 0.385. The molecule has 3 aromatic rings. The number of fused-ring (bicyclic) bond motifs is 1. The van der Waals surface area contributed by atoms with Gasteiger partial charge in [0, 0.05) is 24.0 Å². The fraction of sp³-hybridized carbons (Fsp3) is 0.368. The number of rotatable bonds is 6. The van der Waals surface area contributed by atoms with Crippen LogP contribution >= 0.6 is 0 Å². The minimum absolute atomic E-state index is 0.112. The molecule has 2 aromatic heterocycles. The lowest BCUT2D eigenvalue weighted by atomic mass is 10.1. The molecule has 26 heavy (non-hydrogen) atoms. The molecule has 0 aliphatic heterocycles. The number of aryl methyl sites for hydroxylation is 3. The van der Waals surface area contributed by atoms with Gasteiger partial charge in [0.1, 0.15) is 5.82 Å². The molecule has 0 spiro atoms. The molecule has 1 aromatic carbocycles. The molecule has 0 saturated carbocycles. The molecule has 0 radical (unpaired) electrons. The zero-order valence-corrected chi connectivity index (χ0v) is 15.3. The van der Waals surface area contributed by atoms with Crippen molar-refractivity contribution in [3.05, 3.63) is 57.4 Å². The van der Waals surface area contributed by atoms with Gasteiger partial charge in [-0.25, -0.2) is 4.98 Å². The Morgan fingerprint density at radius 2 is 2.08 bits per heavy atom. The van der Waals surface area contributed by atoms with E-state index in [1.807, 2.05) is 16.9 Å². The molecule has 0 atom stereocenters. The highest BCUT2D eigenvalue weighted by Crippen LogP contribution is 2.17. The van der Waals surface area contributed by atoms with Crippen molar-refractivity contribution in [3.63, 3.8) is 0 Å². The number of H-pyrrole nitrogens is 1. The highest BCUT2D eigenvalue weighted by atomic mass is 16.1. The molecule has 7 heteroatoms. The Bertz CT molecular complexity index is 1000. The predicted octanol–water partition coefficient (Wildman–Crippen LogP) is 1.79. The number of hydrogen-bond donors (Lipinski definition) is 2. The third-order valence-corrected chi connectivity index (χ3v) is 4.47. The van der Waals surface area contributed by atoms with Crippen molar-refractivity contribution in [1.82, 2.24) is 25.1 Å². The summed E-state index contributed by atoms with van der Waals surface area (Å²) in [6.07, 6.45) is 2.77. The van der Waals surface area contributed by atoms with Crippen molar-refractivity contribution < 1.29 is 4.79 Å². The number of benzene rings is 1. The van der Waals surface area contributed by atoms with Gasteiger partial charge in [0.2, 0.25) is 5.91 Å². The predicted molar refractivity (Wildman–Crippen MR) is 100 cm³/mol. The molecule has 0 fully saturated rings. The van der Waals surface area contributed by atoms with Gasteiger partial charge in [0.25, 0.3) is 5.56 Å².